The number of hydrogen-bond donors (Lipinski definition) is 1. The number of allylic oxidation sites excluding steroid dienone is 1. The van der Waals surface area contributed by atoms with Crippen LogP contribution in [0.4, 0.5) is 39.5 Å². The predicted molar refractivity (Wildman–Crippen MR) is 104 cm³/mol. The zero-order chi connectivity index (χ0) is 27.3. The maximum absolute atomic E-state index is 12.6. The number of rotatable bonds is 3. The molecule has 2 aliphatic rings. The molecule has 0 aromatic rings. The summed E-state index contributed by atoms with van der Waals surface area (Å²) in [6.07, 6.45) is -12.7. The van der Waals surface area contributed by atoms with Crippen molar-refractivity contribution in [2.45, 2.75) is 69.8 Å². The molecule has 34 heavy (non-hydrogen) atoms. The van der Waals surface area contributed by atoms with Crippen molar-refractivity contribution in [1.29, 1.82) is 0 Å². The van der Waals surface area contributed by atoms with Crippen molar-refractivity contribution in [3.8, 4) is 0 Å². The van der Waals surface area contributed by atoms with Crippen molar-refractivity contribution in [2.75, 3.05) is 7.11 Å². The number of carbonyl (C=O) groups is 1. The normalized spacial score (nSPS) is 20.2. The van der Waals surface area contributed by atoms with Gasteiger partial charge in [-0.15, -0.1) is 0 Å². The van der Waals surface area contributed by atoms with Gasteiger partial charge in [0.1, 0.15) is 11.2 Å². The number of methoxy groups -OCH3 is 1. The molecule has 1 N–H and O–H groups in total. The molecule has 0 aliphatic heterocycles. The van der Waals surface area contributed by atoms with E-state index in [1.54, 1.807) is 7.11 Å². The van der Waals surface area contributed by atoms with E-state index >= 15 is 0 Å². The number of fused-ring (bicyclic) bond motifs is 2. The molecule has 1 saturated carbocycles. The molecule has 0 aromatic carbocycles. The Hall–Kier alpha value is -2.18. The van der Waals surface area contributed by atoms with Crippen LogP contribution in [-0.2, 0) is 14.3 Å². The SMILES string of the molecule is C=C(C(=O)OC(C)(C)C)C(F)(F)F.C=COC.OC(C1=CC2CCC1C2)(C(F)(F)F)C(F)(F)F. The summed E-state index contributed by atoms with van der Waals surface area (Å²) in [5.74, 6) is -2.49. The highest BCUT2D eigenvalue weighted by atomic mass is 19.4. The molecule has 4 nitrogen and oxygen atoms in total. The molecule has 198 valence electrons. The lowest BCUT2D eigenvalue weighted by Crippen LogP contribution is -2.59. The fourth-order valence-electron chi connectivity index (χ4n) is 3.20. The molecular weight excluding hydrogens is 487 g/mol. The third kappa shape index (κ3) is 8.24. The molecule has 2 unspecified atom stereocenters. The van der Waals surface area contributed by atoms with Crippen molar-refractivity contribution in [3.05, 3.63) is 36.6 Å². The van der Waals surface area contributed by atoms with Crippen LogP contribution in [0.1, 0.15) is 40.0 Å². The molecule has 0 saturated heterocycles. The van der Waals surface area contributed by atoms with Crippen LogP contribution in [0.2, 0.25) is 0 Å². The van der Waals surface area contributed by atoms with Gasteiger partial charge in [0.15, 0.2) is 0 Å². The smallest absolute Gasteiger partial charge is 0.430 e. The minimum absolute atomic E-state index is 0.258. The Morgan fingerprint density at radius 3 is 1.71 bits per heavy atom. The third-order valence-electron chi connectivity index (χ3n) is 4.72. The van der Waals surface area contributed by atoms with Gasteiger partial charge in [-0.25, -0.2) is 4.79 Å². The lowest BCUT2D eigenvalue weighted by Gasteiger charge is -2.36. The molecule has 0 amide bonds. The molecule has 1 fully saturated rings. The minimum Gasteiger partial charge on any atom is -0.505 e. The van der Waals surface area contributed by atoms with Gasteiger partial charge >= 0.3 is 24.5 Å². The largest absolute Gasteiger partial charge is 0.505 e. The van der Waals surface area contributed by atoms with Gasteiger partial charge in [0.25, 0.3) is 5.60 Å². The van der Waals surface area contributed by atoms with Crippen molar-refractivity contribution < 1.29 is 58.9 Å². The monoisotopic (exact) mass is 514 g/mol. The first-order valence-corrected chi connectivity index (χ1v) is 9.74. The van der Waals surface area contributed by atoms with Crippen LogP contribution in [-0.4, -0.2) is 47.9 Å². The van der Waals surface area contributed by atoms with Crippen molar-refractivity contribution >= 4 is 5.97 Å². The van der Waals surface area contributed by atoms with Crippen molar-refractivity contribution in [3.63, 3.8) is 0 Å². The Labute approximate surface area is 191 Å². The van der Waals surface area contributed by atoms with Crippen LogP contribution >= 0.6 is 0 Å². The molecule has 0 heterocycles. The van der Waals surface area contributed by atoms with E-state index in [0.29, 0.717) is 6.42 Å². The molecule has 0 radical (unpaired) electrons. The highest BCUT2D eigenvalue weighted by Gasteiger charge is 2.73. The summed E-state index contributed by atoms with van der Waals surface area (Å²) in [5.41, 5.74) is -8.01. The molecular formula is C21H27F9O4. The maximum atomic E-state index is 12.6. The molecule has 2 aliphatic carbocycles. The summed E-state index contributed by atoms with van der Waals surface area (Å²) in [7, 11) is 1.56. The van der Waals surface area contributed by atoms with Crippen molar-refractivity contribution in [1.82, 2.24) is 0 Å². The Morgan fingerprint density at radius 1 is 1.03 bits per heavy atom. The van der Waals surface area contributed by atoms with Crippen LogP contribution in [0, 0.1) is 11.8 Å². The number of ether oxygens (including phenoxy) is 2. The van der Waals surface area contributed by atoms with Gasteiger partial charge in [-0.1, -0.05) is 19.2 Å². The second-order valence-electron chi connectivity index (χ2n) is 8.48. The summed E-state index contributed by atoms with van der Waals surface area (Å²) in [6, 6.07) is 0. The number of halogens is 9. The molecule has 2 atom stereocenters. The second-order valence-corrected chi connectivity index (χ2v) is 8.48. The van der Waals surface area contributed by atoms with Gasteiger partial charge in [0, 0.05) is 0 Å². The highest BCUT2D eigenvalue weighted by Crippen LogP contribution is 2.56. The Morgan fingerprint density at radius 2 is 1.47 bits per heavy atom. The Bertz CT molecular complexity index is 742. The van der Waals surface area contributed by atoms with Crippen LogP contribution in [0.3, 0.4) is 0 Å². The first-order chi connectivity index (χ1) is 15.0. The van der Waals surface area contributed by atoms with Gasteiger partial charge in [-0.3, -0.25) is 0 Å². The van der Waals surface area contributed by atoms with Crippen LogP contribution in [0.25, 0.3) is 0 Å². The van der Waals surface area contributed by atoms with E-state index in [1.807, 2.05) is 0 Å². The van der Waals surface area contributed by atoms with Crippen molar-refractivity contribution in [2.24, 2.45) is 11.8 Å². The van der Waals surface area contributed by atoms with E-state index in [1.165, 1.54) is 27.0 Å². The number of esters is 1. The van der Waals surface area contributed by atoms with Crippen LogP contribution < -0.4 is 0 Å². The first-order valence-electron chi connectivity index (χ1n) is 9.74. The minimum atomic E-state index is -5.73. The fourth-order valence-corrected chi connectivity index (χ4v) is 3.20. The predicted octanol–water partition coefficient (Wildman–Crippen LogP) is 6.42. The number of hydrogen-bond acceptors (Lipinski definition) is 4. The molecule has 2 rings (SSSR count). The summed E-state index contributed by atoms with van der Waals surface area (Å²) in [6.45, 7) is 10.3. The van der Waals surface area contributed by atoms with Gasteiger partial charge < -0.3 is 14.6 Å². The summed E-state index contributed by atoms with van der Waals surface area (Å²) >= 11 is 0. The van der Waals surface area contributed by atoms with Crippen LogP contribution in [0.5, 0.6) is 0 Å². The summed E-state index contributed by atoms with van der Waals surface area (Å²) in [4.78, 5) is 10.8. The van der Waals surface area contributed by atoms with E-state index in [2.05, 4.69) is 22.6 Å². The number of carbonyl (C=O) groups excluding carboxylic acids is 1. The lowest BCUT2D eigenvalue weighted by atomic mass is 9.83. The lowest BCUT2D eigenvalue weighted by molar-refractivity contribution is -0.354. The van der Waals surface area contributed by atoms with Gasteiger partial charge in [-0.05, 0) is 57.4 Å². The zero-order valence-corrected chi connectivity index (χ0v) is 18.9. The topological polar surface area (TPSA) is 55.8 Å². The highest BCUT2D eigenvalue weighted by molar-refractivity contribution is 5.89. The van der Waals surface area contributed by atoms with E-state index < -0.39 is 52.8 Å². The molecule has 13 heteroatoms. The summed E-state index contributed by atoms with van der Waals surface area (Å²) < 4.78 is 120. The van der Waals surface area contributed by atoms with E-state index in [-0.39, 0.29) is 18.8 Å². The molecule has 0 aromatic heterocycles. The van der Waals surface area contributed by atoms with E-state index in [4.69, 9.17) is 0 Å². The maximum Gasteiger partial charge on any atom is 0.430 e. The average molecular weight is 514 g/mol. The zero-order valence-electron chi connectivity index (χ0n) is 18.9. The van der Waals surface area contributed by atoms with Gasteiger partial charge in [0.05, 0.1) is 13.4 Å². The second kappa shape index (κ2) is 11.0. The quantitative estimate of drug-likeness (QED) is 0.155. The Kier molecular flexibility index (Phi) is 10.3. The number of aliphatic hydroxyl groups is 1. The van der Waals surface area contributed by atoms with E-state index in [9.17, 15) is 49.4 Å². The van der Waals surface area contributed by atoms with Gasteiger partial charge in [-0.2, -0.15) is 39.5 Å². The molecule has 0 spiro atoms. The number of alkyl halides is 9. The standard InChI is InChI=1S/C10H10F6O.C8H11F3O2.C3H6O/c11-9(12,13)8(17,10(14,15)16)7-4-5-1-2-6(7)3-5;1-5(8(9,10)11)6(12)13-7(2,3)4;1-3-4-2/h4-6,17H,1-3H2;1H2,2-4H3;3H,1H2,2H3. The molecule has 2 bridgehead atoms. The Balaban J connectivity index is 0.000000571. The van der Waals surface area contributed by atoms with E-state index in [0.717, 1.165) is 6.08 Å². The fraction of sp³-hybridized carbons (Fsp3) is 0.667. The first kappa shape index (κ1) is 31.8. The van der Waals surface area contributed by atoms with Crippen LogP contribution in [0.15, 0.2) is 36.6 Å². The summed E-state index contributed by atoms with van der Waals surface area (Å²) in [5, 5.41) is 9.19. The third-order valence-corrected chi connectivity index (χ3v) is 4.72. The average Bonchev–Trinajstić information content (AvgIpc) is 3.27. The van der Waals surface area contributed by atoms with Gasteiger partial charge in [0.2, 0.25) is 0 Å².